The lowest BCUT2D eigenvalue weighted by Crippen LogP contribution is -2.45. The van der Waals surface area contributed by atoms with E-state index in [1.54, 1.807) is 11.6 Å². The largest absolute Gasteiger partial charge is 0.389 e. The Morgan fingerprint density at radius 2 is 2.37 bits per heavy atom. The Bertz CT molecular complexity index is 540. The van der Waals surface area contributed by atoms with Crippen LogP contribution in [0.5, 0.6) is 0 Å². The van der Waals surface area contributed by atoms with Crippen LogP contribution in [0.2, 0.25) is 0 Å². The summed E-state index contributed by atoms with van der Waals surface area (Å²) in [7, 11) is -1.93. The van der Waals surface area contributed by atoms with Gasteiger partial charge in [0.2, 0.25) is 0 Å². The number of sulfonamides is 1. The minimum Gasteiger partial charge on any atom is -0.389 e. The summed E-state index contributed by atoms with van der Waals surface area (Å²) in [6, 6.07) is 0. The zero-order valence-corrected chi connectivity index (χ0v) is 12.2. The van der Waals surface area contributed by atoms with Crippen LogP contribution in [0.3, 0.4) is 0 Å². The highest BCUT2D eigenvalue weighted by atomic mass is 32.2. The molecule has 1 saturated carbocycles. The second-order valence-electron chi connectivity index (χ2n) is 5.63. The predicted octanol–water partition coefficient (Wildman–Crippen LogP) is 0.640. The number of aliphatic hydroxyl groups is 1. The highest BCUT2D eigenvalue weighted by Gasteiger charge is 2.34. The molecule has 19 heavy (non-hydrogen) atoms. The average molecular weight is 287 g/mol. The Labute approximate surface area is 113 Å². The number of rotatable bonds is 4. The lowest BCUT2D eigenvalue weighted by molar-refractivity contribution is -0.00752. The molecule has 1 fully saturated rings. The standard InChI is InChI=1S/C12H21N3O3S/c1-10-4-3-5-12(16,6-10)8-14-19(17,18)11-7-15(2)9-13-11/h7,9-10,14,16H,3-6,8H2,1-2H3. The SMILES string of the molecule is CC1CCCC(O)(CNS(=O)(=O)c2cn(C)cn2)C1. The van der Waals surface area contributed by atoms with Gasteiger partial charge in [-0.3, -0.25) is 0 Å². The van der Waals surface area contributed by atoms with Crippen molar-refractivity contribution >= 4 is 10.0 Å². The molecule has 1 aliphatic carbocycles. The molecular formula is C12H21N3O3S. The Kier molecular flexibility index (Phi) is 3.98. The number of hydrogen-bond donors (Lipinski definition) is 2. The van der Waals surface area contributed by atoms with Crippen LogP contribution in [0.25, 0.3) is 0 Å². The van der Waals surface area contributed by atoms with E-state index in [1.165, 1.54) is 12.5 Å². The van der Waals surface area contributed by atoms with Crippen molar-refractivity contribution in [2.45, 2.75) is 43.2 Å². The summed E-state index contributed by atoms with van der Waals surface area (Å²) in [6.07, 6.45) is 6.18. The van der Waals surface area contributed by atoms with Crippen LogP contribution in [-0.4, -0.2) is 35.2 Å². The molecule has 0 spiro atoms. The summed E-state index contributed by atoms with van der Waals surface area (Å²) >= 11 is 0. The lowest BCUT2D eigenvalue weighted by Gasteiger charge is -2.35. The number of aryl methyl sites for hydroxylation is 1. The number of aromatic nitrogens is 2. The summed E-state index contributed by atoms with van der Waals surface area (Å²) in [4.78, 5) is 3.82. The predicted molar refractivity (Wildman–Crippen MR) is 71.0 cm³/mol. The quantitative estimate of drug-likeness (QED) is 0.851. The topological polar surface area (TPSA) is 84.2 Å². The second kappa shape index (κ2) is 5.22. The van der Waals surface area contributed by atoms with Crippen LogP contribution in [0.1, 0.15) is 32.6 Å². The minimum absolute atomic E-state index is 0.0116. The van der Waals surface area contributed by atoms with Crippen molar-refractivity contribution in [3.8, 4) is 0 Å². The second-order valence-corrected chi connectivity index (χ2v) is 7.34. The fourth-order valence-electron chi connectivity index (χ4n) is 2.62. The first-order chi connectivity index (χ1) is 8.81. The molecule has 2 atom stereocenters. The van der Waals surface area contributed by atoms with Crippen LogP contribution >= 0.6 is 0 Å². The van der Waals surface area contributed by atoms with Gasteiger partial charge in [0.05, 0.1) is 11.9 Å². The molecule has 1 aromatic heterocycles. The Morgan fingerprint density at radius 1 is 1.63 bits per heavy atom. The van der Waals surface area contributed by atoms with Crippen molar-refractivity contribution in [3.63, 3.8) is 0 Å². The van der Waals surface area contributed by atoms with E-state index in [9.17, 15) is 13.5 Å². The van der Waals surface area contributed by atoms with Crippen LogP contribution < -0.4 is 4.72 Å². The molecule has 0 amide bonds. The minimum atomic E-state index is -3.64. The van der Waals surface area contributed by atoms with Gasteiger partial charge in [0.15, 0.2) is 5.03 Å². The smallest absolute Gasteiger partial charge is 0.259 e. The van der Waals surface area contributed by atoms with Crippen molar-refractivity contribution in [1.29, 1.82) is 0 Å². The normalized spacial score (nSPS) is 28.5. The highest BCUT2D eigenvalue weighted by Crippen LogP contribution is 2.31. The molecule has 0 radical (unpaired) electrons. The first kappa shape index (κ1) is 14.5. The molecular weight excluding hydrogens is 266 g/mol. The van der Waals surface area contributed by atoms with Crippen molar-refractivity contribution < 1.29 is 13.5 Å². The van der Waals surface area contributed by atoms with E-state index in [2.05, 4.69) is 16.6 Å². The van der Waals surface area contributed by atoms with E-state index in [0.717, 1.165) is 12.8 Å². The molecule has 0 aromatic carbocycles. The zero-order valence-electron chi connectivity index (χ0n) is 11.3. The van der Waals surface area contributed by atoms with Crippen molar-refractivity contribution in [2.75, 3.05) is 6.54 Å². The van der Waals surface area contributed by atoms with Crippen LogP contribution in [0.15, 0.2) is 17.6 Å². The molecule has 0 bridgehead atoms. The van der Waals surface area contributed by atoms with Crippen molar-refractivity contribution in [2.24, 2.45) is 13.0 Å². The summed E-state index contributed by atoms with van der Waals surface area (Å²) < 4.78 is 28.1. The Hall–Kier alpha value is -0.920. The zero-order chi connectivity index (χ0) is 14.1. The maximum Gasteiger partial charge on any atom is 0.259 e. The van der Waals surface area contributed by atoms with Crippen molar-refractivity contribution in [3.05, 3.63) is 12.5 Å². The summed E-state index contributed by atoms with van der Waals surface area (Å²) in [5.41, 5.74) is -0.931. The van der Waals surface area contributed by atoms with E-state index < -0.39 is 15.6 Å². The first-order valence-corrected chi connectivity index (χ1v) is 7.99. The number of nitrogens with one attached hydrogen (secondary N) is 1. The molecule has 2 N–H and O–H groups in total. The Morgan fingerprint density at radius 3 is 2.95 bits per heavy atom. The van der Waals surface area contributed by atoms with E-state index in [4.69, 9.17) is 0 Å². The molecule has 2 rings (SSSR count). The summed E-state index contributed by atoms with van der Waals surface area (Å²) in [5, 5.41) is 10.4. The van der Waals surface area contributed by atoms with Gasteiger partial charge < -0.3 is 9.67 Å². The maximum absolute atomic E-state index is 12.0. The number of imidazole rings is 1. The maximum atomic E-state index is 12.0. The van der Waals surface area contributed by atoms with Gasteiger partial charge in [0.25, 0.3) is 10.0 Å². The fraction of sp³-hybridized carbons (Fsp3) is 0.750. The van der Waals surface area contributed by atoms with Gasteiger partial charge in [-0.2, -0.15) is 0 Å². The summed E-state index contributed by atoms with van der Waals surface area (Å²) in [5.74, 6) is 0.429. The third kappa shape index (κ3) is 3.55. The van der Waals surface area contributed by atoms with Gasteiger partial charge in [-0.05, 0) is 18.8 Å². The van der Waals surface area contributed by atoms with Gasteiger partial charge >= 0.3 is 0 Å². The third-order valence-corrected chi connectivity index (χ3v) is 4.90. The lowest BCUT2D eigenvalue weighted by atomic mass is 9.79. The van der Waals surface area contributed by atoms with Crippen LogP contribution in [0, 0.1) is 5.92 Å². The molecule has 1 aliphatic rings. The number of nitrogens with zero attached hydrogens (tertiary/aromatic N) is 2. The van der Waals surface area contributed by atoms with Crippen LogP contribution in [0.4, 0.5) is 0 Å². The van der Waals surface area contributed by atoms with Gasteiger partial charge in [0, 0.05) is 19.8 Å². The van der Waals surface area contributed by atoms with Crippen molar-refractivity contribution in [1.82, 2.24) is 14.3 Å². The molecule has 7 heteroatoms. The first-order valence-electron chi connectivity index (χ1n) is 6.51. The molecule has 0 aliphatic heterocycles. The molecule has 2 unspecified atom stereocenters. The fourth-order valence-corrected chi connectivity index (χ4v) is 3.72. The van der Waals surface area contributed by atoms with E-state index >= 15 is 0 Å². The molecule has 1 aromatic rings. The van der Waals surface area contributed by atoms with Gasteiger partial charge in [-0.1, -0.05) is 19.8 Å². The monoisotopic (exact) mass is 287 g/mol. The van der Waals surface area contributed by atoms with Gasteiger partial charge in [0.1, 0.15) is 0 Å². The van der Waals surface area contributed by atoms with Gasteiger partial charge in [-0.15, -0.1) is 0 Å². The molecule has 0 saturated heterocycles. The molecule has 6 nitrogen and oxygen atoms in total. The average Bonchev–Trinajstić information content (AvgIpc) is 2.74. The Balaban J connectivity index is 2.01. The number of hydrogen-bond acceptors (Lipinski definition) is 4. The highest BCUT2D eigenvalue weighted by molar-refractivity contribution is 7.89. The molecule has 1 heterocycles. The van der Waals surface area contributed by atoms with E-state index in [-0.39, 0.29) is 11.6 Å². The third-order valence-electron chi connectivity index (χ3n) is 3.62. The van der Waals surface area contributed by atoms with E-state index in [0.29, 0.717) is 18.8 Å². The van der Waals surface area contributed by atoms with E-state index in [1.807, 2.05) is 0 Å². The molecule has 108 valence electrons. The van der Waals surface area contributed by atoms with Gasteiger partial charge in [-0.25, -0.2) is 18.1 Å². The van der Waals surface area contributed by atoms with Crippen LogP contribution in [-0.2, 0) is 17.1 Å². The summed E-state index contributed by atoms with van der Waals surface area (Å²) in [6.45, 7) is 2.13.